The fourth-order valence-corrected chi connectivity index (χ4v) is 5.77. The summed E-state index contributed by atoms with van der Waals surface area (Å²) in [5, 5.41) is 1.61. The number of amides is 1. The van der Waals surface area contributed by atoms with Crippen molar-refractivity contribution in [2.45, 2.75) is 82.6 Å². The largest absolute Gasteiger partial charge is 0.431 e. The molecule has 4 fully saturated rings. The molecule has 6 rings (SSSR count). The Bertz CT molecular complexity index is 1150. The summed E-state index contributed by atoms with van der Waals surface area (Å²) >= 11 is 3.51. The number of halogens is 1. The molecule has 0 bridgehead atoms. The minimum Gasteiger partial charge on any atom is -0.348 e. The van der Waals surface area contributed by atoms with E-state index < -0.39 is 48.4 Å². The number of hydrogen-bond acceptors (Lipinski definition) is 8. The Morgan fingerprint density at radius 3 is 2.27 bits per heavy atom. The van der Waals surface area contributed by atoms with Crippen LogP contribution in [-0.2, 0) is 35.1 Å². The maximum absolute atomic E-state index is 13.3. The Kier molecular flexibility index (Phi) is 6.35. The molecule has 0 saturated carbocycles. The number of carbonyl (C=O) groups is 1. The molecule has 1 unspecified atom stereocenters. The molecule has 0 radical (unpaired) electrons. The lowest BCUT2D eigenvalue weighted by Gasteiger charge is -2.33. The average Bonchev–Trinajstić information content (AvgIpc) is 3.56. The number of carbonyl (C=O) groups excluding carboxylic acids is 1. The summed E-state index contributed by atoms with van der Waals surface area (Å²) in [6, 6.07) is 17.7. The van der Waals surface area contributed by atoms with E-state index in [0.717, 1.165) is 15.6 Å². The lowest BCUT2D eigenvalue weighted by Crippen LogP contribution is -2.45. The minimum absolute atomic E-state index is 0.352. The van der Waals surface area contributed by atoms with Gasteiger partial charge < -0.3 is 28.5 Å². The SMILES string of the molecule is CC1(C)O[C@@H]2[C@H](O1)[C@H](N1OC(=O)N(Cc3ccccc3)C1c1ccc(Br)cc1)O[C@@H]2[C@H]1COC(C)(C)O1. The molecule has 9 nitrogen and oxygen atoms in total. The van der Waals surface area contributed by atoms with Crippen LogP contribution in [0.3, 0.4) is 0 Å². The highest BCUT2D eigenvalue weighted by atomic mass is 79.9. The third-order valence-corrected chi connectivity index (χ3v) is 7.56. The molecule has 4 aliphatic heterocycles. The lowest BCUT2D eigenvalue weighted by molar-refractivity contribution is -0.272. The Balaban J connectivity index is 1.35. The summed E-state index contributed by atoms with van der Waals surface area (Å²) in [5.74, 6) is -1.55. The van der Waals surface area contributed by atoms with E-state index in [1.807, 2.05) is 82.3 Å². The Morgan fingerprint density at radius 2 is 1.59 bits per heavy atom. The van der Waals surface area contributed by atoms with Gasteiger partial charge in [0.15, 0.2) is 24.0 Å². The highest BCUT2D eigenvalue weighted by Crippen LogP contribution is 2.47. The first-order valence-corrected chi connectivity index (χ1v) is 13.3. The van der Waals surface area contributed by atoms with E-state index in [4.69, 9.17) is 28.5 Å². The smallest absolute Gasteiger partial charge is 0.348 e. The fraction of sp³-hybridized carbons (Fsp3) is 0.519. The molecule has 4 heterocycles. The minimum atomic E-state index is -0.828. The molecule has 0 aromatic heterocycles. The number of hydroxylamine groups is 2. The van der Waals surface area contributed by atoms with Gasteiger partial charge >= 0.3 is 6.09 Å². The van der Waals surface area contributed by atoms with E-state index >= 15 is 0 Å². The molecule has 4 saturated heterocycles. The van der Waals surface area contributed by atoms with Gasteiger partial charge in [0.1, 0.15) is 24.4 Å². The number of ether oxygens (including phenoxy) is 5. The maximum atomic E-state index is 13.3. The van der Waals surface area contributed by atoms with E-state index in [-0.39, 0.29) is 6.10 Å². The molecule has 1 amide bonds. The Hall–Kier alpha value is -2.05. The molecule has 2 aromatic rings. The van der Waals surface area contributed by atoms with Gasteiger partial charge in [-0.05, 0) is 51.0 Å². The van der Waals surface area contributed by atoms with Crippen molar-refractivity contribution in [3.8, 4) is 0 Å². The molecule has 6 atom stereocenters. The second kappa shape index (κ2) is 9.30. The molecule has 4 aliphatic rings. The highest BCUT2D eigenvalue weighted by Gasteiger charge is 2.63. The van der Waals surface area contributed by atoms with Crippen LogP contribution < -0.4 is 0 Å². The van der Waals surface area contributed by atoms with E-state index in [1.54, 1.807) is 9.96 Å². The van der Waals surface area contributed by atoms with Crippen LogP contribution in [0, 0.1) is 0 Å². The van der Waals surface area contributed by atoms with E-state index in [9.17, 15) is 4.79 Å². The van der Waals surface area contributed by atoms with Gasteiger partial charge in [-0.15, -0.1) is 0 Å². The molecule has 198 valence electrons. The summed E-state index contributed by atoms with van der Waals surface area (Å²) in [6.07, 6.45) is -3.47. The number of rotatable bonds is 5. The Labute approximate surface area is 224 Å². The van der Waals surface area contributed by atoms with Gasteiger partial charge in [-0.3, -0.25) is 4.90 Å². The summed E-state index contributed by atoms with van der Waals surface area (Å²) < 4.78 is 32.1. The first kappa shape index (κ1) is 25.2. The van der Waals surface area contributed by atoms with E-state index in [0.29, 0.717) is 13.2 Å². The van der Waals surface area contributed by atoms with Gasteiger partial charge in [-0.25, -0.2) is 4.79 Å². The van der Waals surface area contributed by atoms with Gasteiger partial charge in [-0.1, -0.05) is 63.5 Å². The van der Waals surface area contributed by atoms with Crippen molar-refractivity contribution in [3.05, 3.63) is 70.2 Å². The zero-order valence-corrected chi connectivity index (χ0v) is 22.8. The van der Waals surface area contributed by atoms with Crippen LogP contribution in [0.15, 0.2) is 59.1 Å². The van der Waals surface area contributed by atoms with Gasteiger partial charge in [-0.2, -0.15) is 0 Å². The normalized spacial score (nSPS) is 34.6. The molecule has 0 aliphatic carbocycles. The monoisotopic (exact) mass is 574 g/mol. The van der Waals surface area contributed by atoms with Crippen molar-refractivity contribution in [1.82, 2.24) is 9.96 Å². The summed E-state index contributed by atoms with van der Waals surface area (Å²) in [6.45, 7) is 8.24. The van der Waals surface area contributed by atoms with Crippen molar-refractivity contribution < 1.29 is 33.3 Å². The van der Waals surface area contributed by atoms with Crippen LogP contribution in [-0.4, -0.2) is 64.9 Å². The second-order valence-corrected chi connectivity index (χ2v) is 11.6. The molecule has 0 spiro atoms. The molecule has 37 heavy (non-hydrogen) atoms. The fourth-order valence-electron chi connectivity index (χ4n) is 5.50. The van der Waals surface area contributed by atoms with Crippen LogP contribution in [0.4, 0.5) is 4.79 Å². The molecular weight excluding hydrogens is 544 g/mol. The van der Waals surface area contributed by atoms with Crippen molar-refractivity contribution >= 4 is 22.0 Å². The molecular formula is C27H31BrN2O7. The first-order valence-electron chi connectivity index (χ1n) is 12.5. The number of fused-ring (bicyclic) bond motifs is 1. The van der Waals surface area contributed by atoms with Crippen molar-refractivity contribution in [2.24, 2.45) is 0 Å². The van der Waals surface area contributed by atoms with Gasteiger partial charge in [0.05, 0.1) is 13.2 Å². The Morgan fingerprint density at radius 1 is 0.892 bits per heavy atom. The number of hydrogen-bond donors (Lipinski definition) is 0. The van der Waals surface area contributed by atoms with Crippen molar-refractivity contribution in [3.63, 3.8) is 0 Å². The van der Waals surface area contributed by atoms with Crippen LogP contribution >= 0.6 is 15.9 Å². The summed E-state index contributed by atoms with van der Waals surface area (Å²) in [4.78, 5) is 20.9. The van der Waals surface area contributed by atoms with Gasteiger partial charge in [0.25, 0.3) is 0 Å². The van der Waals surface area contributed by atoms with E-state index in [2.05, 4.69) is 15.9 Å². The predicted octanol–water partition coefficient (Wildman–Crippen LogP) is 4.71. The summed E-state index contributed by atoms with van der Waals surface area (Å²) in [7, 11) is 0. The molecule has 2 aromatic carbocycles. The first-order chi connectivity index (χ1) is 17.6. The third kappa shape index (κ3) is 4.80. The van der Waals surface area contributed by atoms with Crippen LogP contribution in [0.1, 0.15) is 45.0 Å². The van der Waals surface area contributed by atoms with Crippen LogP contribution in [0.25, 0.3) is 0 Å². The van der Waals surface area contributed by atoms with E-state index in [1.165, 1.54) is 0 Å². The van der Waals surface area contributed by atoms with Gasteiger partial charge in [0.2, 0.25) is 0 Å². The van der Waals surface area contributed by atoms with Crippen LogP contribution in [0.2, 0.25) is 0 Å². The standard InChI is InChI=1S/C27H31BrN2O7/c1-26(2)32-15-19(34-26)20-21-22(36-27(3,4)35-21)24(33-20)30-23(17-10-12-18(28)13-11-17)29(25(31)37-30)14-16-8-6-5-7-9-16/h5-13,19-24H,14-15H2,1-4H3/t19-,20-,21+,22+,23?,24-/m1/s1. The predicted molar refractivity (Wildman–Crippen MR) is 135 cm³/mol. The highest BCUT2D eigenvalue weighted by molar-refractivity contribution is 9.10. The second-order valence-electron chi connectivity index (χ2n) is 10.7. The quantitative estimate of drug-likeness (QED) is 0.508. The maximum Gasteiger partial charge on any atom is 0.431 e. The van der Waals surface area contributed by atoms with Crippen molar-refractivity contribution in [2.75, 3.05) is 6.61 Å². The van der Waals surface area contributed by atoms with Crippen molar-refractivity contribution in [1.29, 1.82) is 0 Å². The number of nitrogens with zero attached hydrogens (tertiary/aromatic N) is 2. The number of benzene rings is 2. The molecule has 0 N–H and O–H groups in total. The van der Waals surface area contributed by atoms with Gasteiger partial charge in [0, 0.05) is 4.47 Å². The topological polar surface area (TPSA) is 78.9 Å². The van der Waals surface area contributed by atoms with Crippen LogP contribution in [0.5, 0.6) is 0 Å². The third-order valence-electron chi connectivity index (χ3n) is 7.03. The zero-order chi connectivity index (χ0) is 25.9. The lowest BCUT2D eigenvalue weighted by atomic mass is 10.1. The molecule has 10 heteroatoms. The summed E-state index contributed by atoms with van der Waals surface area (Å²) in [5.41, 5.74) is 1.88. The zero-order valence-electron chi connectivity index (χ0n) is 21.2. The average molecular weight is 575 g/mol.